The predicted molar refractivity (Wildman–Crippen MR) is 104 cm³/mol. The molecule has 0 atom stereocenters. The average Bonchev–Trinajstić information content (AvgIpc) is 2.72. The van der Waals surface area contributed by atoms with E-state index in [0.29, 0.717) is 19.6 Å². The van der Waals surface area contributed by atoms with Gasteiger partial charge in [-0.1, -0.05) is 48.5 Å². The van der Waals surface area contributed by atoms with Gasteiger partial charge < -0.3 is 15.1 Å². The van der Waals surface area contributed by atoms with Gasteiger partial charge in [-0.05, 0) is 17.7 Å². The standard InChI is InChI=1S/C21H22N4O/c26-21(23-16-17-6-2-1-3-7-17)25-14-12-24(13-15-25)19-10-4-8-18-9-5-11-22-20(18)19/h1-11H,12-16H2,(H,23,26). The summed E-state index contributed by atoms with van der Waals surface area (Å²) in [5, 5.41) is 4.16. The first kappa shape index (κ1) is 16.4. The fourth-order valence-corrected chi connectivity index (χ4v) is 3.38. The molecular weight excluding hydrogens is 324 g/mol. The Morgan fingerprint density at radius 3 is 2.50 bits per heavy atom. The molecule has 2 amide bonds. The maximum atomic E-state index is 12.4. The zero-order valence-corrected chi connectivity index (χ0v) is 14.6. The van der Waals surface area contributed by atoms with E-state index in [1.54, 1.807) is 0 Å². The van der Waals surface area contributed by atoms with Crippen molar-refractivity contribution < 1.29 is 4.79 Å². The maximum Gasteiger partial charge on any atom is 0.317 e. The molecule has 0 spiro atoms. The van der Waals surface area contributed by atoms with Crippen LogP contribution >= 0.6 is 0 Å². The Bertz CT molecular complexity index is 883. The first-order valence-electron chi connectivity index (χ1n) is 8.97. The van der Waals surface area contributed by atoms with Crippen LogP contribution in [0.25, 0.3) is 10.9 Å². The SMILES string of the molecule is O=C(NCc1ccccc1)N1CCN(c2cccc3cccnc23)CC1. The molecule has 1 saturated heterocycles. The number of amides is 2. The normalized spacial score (nSPS) is 14.5. The number of carbonyl (C=O) groups is 1. The van der Waals surface area contributed by atoms with E-state index in [-0.39, 0.29) is 6.03 Å². The lowest BCUT2D eigenvalue weighted by Gasteiger charge is -2.36. The molecule has 1 aliphatic rings. The second kappa shape index (κ2) is 7.44. The van der Waals surface area contributed by atoms with Crippen LogP contribution in [-0.4, -0.2) is 42.1 Å². The van der Waals surface area contributed by atoms with E-state index in [1.807, 2.05) is 47.5 Å². The zero-order chi connectivity index (χ0) is 17.8. The van der Waals surface area contributed by atoms with Crippen molar-refractivity contribution in [1.29, 1.82) is 0 Å². The average molecular weight is 346 g/mol. The molecular formula is C21H22N4O. The van der Waals surface area contributed by atoms with Gasteiger partial charge in [-0.3, -0.25) is 4.98 Å². The van der Waals surface area contributed by atoms with Crippen molar-refractivity contribution in [2.45, 2.75) is 6.54 Å². The first-order chi connectivity index (χ1) is 12.8. The minimum atomic E-state index is 0.00421. The molecule has 0 aliphatic carbocycles. The van der Waals surface area contributed by atoms with E-state index in [1.165, 1.54) is 0 Å². The number of pyridine rings is 1. The minimum absolute atomic E-state index is 0.00421. The largest absolute Gasteiger partial charge is 0.366 e. The summed E-state index contributed by atoms with van der Waals surface area (Å²) < 4.78 is 0. The molecule has 5 nitrogen and oxygen atoms in total. The van der Waals surface area contributed by atoms with Crippen LogP contribution in [0, 0.1) is 0 Å². The van der Waals surface area contributed by atoms with Gasteiger partial charge in [0.25, 0.3) is 0 Å². The summed E-state index contributed by atoms with van der Waals surface area (Å²) in [6.07, 6.45) is 1.83. The van der Waals surface area contributed by atoms with Crippen LogP contribution < -0.4 is 10.2 Å². The molecule has 5 heteroatoms. The third kappa shape index (κ3) is 3.47. The van der Waals surface area contributed by atoms with Gasteiger partial charge in [0.1, 0.15) is 0 Å². The van der Waals surface area contributed by atoms with Crippen molar-refractivity contribution >= 4 is 22.6 Å². The number of para-hydroxylation sites is 1. The number of carbonyl (C=O) groups excluding carboxylic acids is 1. The molecule has 26 heavy (non-hydrogen) atoms. The quantitative estimate of drug-likeness (QED) is 0.792. The van der Waals surface area contributed by atoms with Gasteiger partial charge in [-0.15, -0.1) is 0 Å². The summed E-state index contributed by atoms with van der Waals surface area (Å²) in [4.78, 5) is 21.2. The Labute approximate surface area is 153 Å². The van der Waals surface area contributed by atoms with Crippen LogP contribution in [0.4, 0.5) is 10.5 Å². The fourth-order valence-electron chi connectivity index (χ4n) is 3.38. The summed E-state index contributed by atoms with van der Waals surface area (Å²) in [5.41, 5.74) is 3.28. The number of anilines is 1. The molecule has 0 unspecified atom stereocenters. The van der Waals surface area contributed by atoms with E-state index >= 15 is 0 Å². The van der Waals surface area contributed by atoms with Gasteiger partial charge in [-0.2, -0.15) is 0 Å². The molecule has 132 valence electrons. The van der Waals surface area contributed by atoms with Gasteiger partial charge in [0.2, 0.25) is 0 Å². The Balaban J connectivity index is 1.37. The maximum absolute atomic E-state index is 12.4. The van der Waals surface area contributed by atoms with Crippen molar-refractivity contribution in [2.75, 3.05) is 31.1 Å². The molecule has 0 saturated carbocycles. The molecule has 0 bridgehead atoms. The number of rotatable bonds is 3. The molecule has 1 aromatic heterocycles. The molecule has 1 fully saturated rings. The Morgan fingerprint density at radius 1 is 0.923 bits per heavy atom. The highest BCUT2D eigenvalue weighted by Crippen LogP contribution is 2.25. The van der Waals surface area contributed by atoms with E-state index in [4.69, 9.17) is 0 Å². The topological polar surface area (TPSA) is 48.5 Å². The van der Waals surface area contributed by atoms with E-state index in [9.17, 15) is 4.79 Å². The van der Waals surface area contributed by atoms with Crippen molar-refractivity contribution in [3.8, 4) is 0 Å². The highest BCUT2D eigenvalue weighted by Gasteiger charge is 2.22. The molecule has 0 radical (unpaired) electrons. The van der Waals surface area contributed by atoms with Crippen LogP contribution in [0.5, 0.6) is 0 Å². The summed E-state index contributed by atoms with van der Waals surface area (Å²) in [6.45, 7) is 3.61. The van der Waals surface area contributed by atoms with Gasteiger partial charge in [0.15, 0.2) is 0 Å². The van der Waals surface area contributed by atoms with Crippen LogP contribution in [0.1, 0.15) is 5.56 Å². The third-order valence-corrected chi connectivity index (χ3v) is 4.81. The van der Waals surface area contributed by atoms with E-state index in [2.05, 4.69) is 39.5 Å². The molecule has 2 heterocycles. The Hall–Kier alpha value is -3.08. The highest BCUT2D eigenvalue weighted by atomic mass is 16.2. The third-order valence-electron chi connectivity index (χ3n) is 4.81. The fraction of sp³-hybridized carbons (Fsp3) is 0.238. The van der Waals surface area contributed by atoms with Gasteiger partial charge in [0.05, 0.1) is 11.2 Å². The number of aromatic nitrogens is 1. The van der Waals surface area contributed by atoms with E-state index < -0.39 is 0 Å². The number of nitrogens with zero attached hydrogens (tertiary/aromatic N) is 3. The molecule has 1 N–H and O–H groups in total. The zero-order valence-electron chi connectivity index (χ0n) is 14.6. The lowest BCUT2D eigenvalue weighted by molar-refractivity contribution is 0.194. The lowest BCUT2D eigenvalue weighted by Crippen LogP contribution is -2.51. The molecule has 4 rings (SSSR count). The van der Waals surface area contributed by atoms with Crippen molar-refractivity contribution in [1.82, 2.24) is 15.2 Å². The smallest absolute Gasteiger partial charge is 0.317 e. The summed E-state index contributed by atoms with van der Waals surface area (Å²) in [6, 6.07) is 20.3. The number of fused-ring (bicyclic) bond motifs is 1. The van der Waals surface area contributed by atoms with Gasteiger partial charge in [-0.25, -0.2) is 4.79 Å². The van der Waals surface area contributed by atoms with Crippen LogP contribution in [-0.2, 0) is 6.54 Å². The number of piperazine rings is 1. The van der Waals surface area contributed by atoms with Gasteiger partial charge in [0, 0.05) is 44.3 Å². The predicted octanol–water partition coefficient (Wildman–Crippen LogP) is 3.27. The second-order valence-electron chi connectivity index (χ2n) is 6.47. The first-order valence-corrected chi connectivity index (χ1v) is 8.97. The van der Waals surface area contributed by atoms with Crippen LogP contribution in [0.3, 0.4) is 0 Å². The number of nitrogens with one attached hydrogen (secondary N) is 1. The second-order valence-corrected chi connectivity index (χ2v) is 6.47. The molecule has 1 aliphatic heterocycles. The number of urea groups is 1. The Morgan fingerprint density at radius 2 is 1.69 bits per heavy atom. The lowest BCUT2D eigenvalue weighted by atomic mass is 10.1. The summed E-state index contributed by atoms with van der Waals surface area (Å²) >= 11 is 0. The monoisotopic (exact) mass is 346 g/mol. The number of hydrogen-bond acceptors (Lipinski definition) is 3. The van der Waals surface area contributed by atoms with Gasteiger partial charge >= 0.3 is 6.03 Å². The van der Waals surface area contributed by atoms with Crippen LogP contribution in [0.15, 0.2) is 66.9 Å². The Kier molecular flexibility index (Phi) is 4.69. The van der Waals surface area contributed by atoms with E-state index in [0.717, 1.165) is 35.2 Å². The number of benzene rings is 2. The van der Waals surface area contributed by atoms with Crippen molar-refractivity contribution in [2.24, 2.45) is 0 Å². The summed E-state index contributed by atoms with van der Waals surface area (Å²) in [7, 11) is 0. The molecule has 3 aromatic rings. The van der Waals surface area contributed by atoms with Crippen molar-refractivity contribution in [3.05, 3.63) is 72.4 Å². The van der Waals surface area contributed by atoms with Crippen molar-refractivity contribution in [3.63, 3.8) is 0 Å². The minimum Gasteiger partial charge on any atom is -0.366 e. The van der Waals surface area contributed by atoms with Crippen LogP contribution in [0.2, 0.25) is 0 Å². The summed E-state index contributed by atoms with van der Waals surface area (Å²) in [5.74, 6) is 0. The molecule has 2 aromatic carbocycles. The highest BCUT2D eigenvalue weighted by molar-refractivity contribution is 5.90. The number of hydrogen-bond donors (Lipinski definition) is 1.